The minimum Gasteiger partial charge on any atom is -0.481 e. The van der Waals surface area contributed by atoms with Gasteiger partial charge in [-0.2, -0.15) is 0 Å². The number of esters is 1. The predicted octanol–water partition coefficient (Wildman–Crippen LogP) is 13.8. The van der Waals surface area contributed by atoms with Gasteiger partial charge >= 0.3 is 11.9 Å². The monoisotopic (exact) mass is 726 g/mol. The smallest absolute Gasteiger partial charge is 0.322 e. The lowest BCUT2D eigenvalue weighted by atomic mass is 9.85. The number of hydrogen-bond donors (Lipinski definition) is 3. The maximum atomic E-state index is 11.5. The molecule has 0 heterocycles. The van der Waals surface area contributed by atoms with Crippen LogP contribution in [0.3, 0.4) is 0 Å². The molecule has 0 spiro atoms. The van der Waals surface area contributed by atoms with Crippen LogP contribution in [0.15, 0.2) is 0 Å². The van der Waals surface area contributed by atoms with Crippen LogP contribution >= 0.6 is 0 Å². The highest BCUT2D eigenvalue weighted by Crippen LogP contribution is 2.29. The van der Waals surface area contributed by atoms with Crippen LogP contribution in [-0.2, 0) is 14.3 Å². The van der Waals surface area contributed by atoms with E-state index in [1.165, 1.54) is 186 Å². The highest BCUT2D eigenvalue weighted by atomic mass is 16.5. The summed E-state index contributed by atoms with van der Waals surface area (Å²) in [6.45, 7) is 9.47. The van der Waals surface area contributed by atoms with E-state index in [1.807, 2.05) is 0 Å². The Labute approximate surface area is 318 Å². The molecule has 0 saturated carbocycles. The molecular formula is C45H91NO5. The number of carbonyl (C=O) groups is 2. The summed E-state index contributed by atoms with van der Waals surface area (Å²) in [6, 6.07) is -0.820. The van der Waals surface area contributed by atoms with Crippen molar-refractivity contribution in [3.63, 3.8) is 0 Å². The fourth-order valence-electron chi connectivity index (χ4n) is 6.87. The van der Waals surface area contributed by atoms with E-state index >= 15 is 0 Å². The summed E-state index contributed by atoms with van der Waals surface area (Å²) in [6.07, 6.45) is 43.8. The number of aliphatic hydroxyl groups is 1. The Bertz CT molecular complexity index is 699. The average Bonchev–Trinajstić information content (AvgIpc) is 3.12. The van der Waals surface area contributed by atoms with Gasteiger partial charge in [-0.05, 0) is 32.1 Å². The zero-order valence-electron chi connectivity index (χ0n) is 34.9. The second-order valence-corrected chi connectivity index (χ2v) is 15.7. The summed E-state index contributed by atoms with van der Waals surface area (Å²) >= 11 is 0. The summed E-state index contributed by atoms with van der Waals surface area (Å²) < 4.78 is 5.05. The van der Waals surface area contributed by atoms with Gasteiger partial charge in [-0.25, -0.2) is 0 Å². The van der Waals surface area contributed by atoms with Crippen LogP contribution < -0.4 is 5.73 Å². The van der Waals surface area contributed by atoms with Gasteiger partial charge in [-0.3, -0.25) is 9.59 Å². The van der Waals surface area contributed by atoms with Crippen molar-refractivity contribution in [2.75, 3.05) is 6.61 Å². The molecular weight excluding hydrogens is 634 g/mol. The van der Waals surface area contributed by atoms with E-state index < -0.39 is 18.0 Å². The molecule has 6 nitrogen and oxygen atoms in total. The van der Waals surface area contributed by atoms with Gasteiger partial charge in [0.05, 0.1) is 12.2 Å². The normalized spacial score (nSPS) is 12.0. The molecule has 1 atom stereocenters. The Kier molecular flexibility index (Phi) is 42.4. The van der Waals surface area contributed by atoms with Crippen LogP contribution in [0.2, 0.25) is 0 Å². The number of nitrogens with two attached hydrogens (primary N) is 1. The van der Waals surface area contributed by atoms with E-state index in [-0.39, 0.29) is 18.4 Å². The summed E-state index contributed by atoms with van der Waals surface area (Å²) in [5, 5.41) is 19.8. The molecule has 0 amide bonds. The van der Waals surface area contributed by atoms with Crippen molar-refractivity contribution in [2.24, 2.45) is 5.73 Å². The molecule has 6 heteroatoms. The number of hydrogen-bond acceptors (Lipinski definition) is 5. The standard InChI is InChI=1S/C28H58O.C17H33NO4/c1-4-7-10-13-16-17-18-21-24-27-28(29,25-22-19-14-11-8-5-2)26-23-20-15-12-9-6-3;1-2-3-4-5-6-7-8-9-10-11-14-22-17(21)15(18)12-13-16(19)20/h29H,4-27H2,1-3H3;15H,2-14,18H2,1H3,(H,19,20). The first-order chi connectivity index (χ1) is 24.8. The molecule has 4 N–H and O–H groups in total. The first-order valence-corrected chi connectivity index (χ1v) is 22.6. The van der Waals surface area contributed by atoms with Crippen molar-refractivity contribution < 1.29 is 24.5 Å². The Morgan fingerprint density at radius 2 is 0.765 bits per heavy atom. The van der Waals surface area contributed by atoms with Gasteiger partial charge in [0.1, 0.15) is 6.04 Å². The Balaban J connectivity index is 0. The molecule has 0 aliphatic carbocycles. The highest BCUT2D eigenvalue weighted by molar-refractivity contribution is 5.76. The molecule has 51 heavy (non-hydrogen) atoms. The summed E-state index contributed by atoms with van der Waals surface area (Å²) in [5.41, 5.74) is 5.19. The second kappa shape index (κ2) is 41.6. The number of carboxylic acids is 1. The van der Waals surface area contributed by atoms with Crippen molar-refractivity contribution in [3.8, 4) is 0 Å². The first kappa shape index (κ1) is 52.0. The molecule has 0 fully saturated rings. The van der Waals surface area contributed by atoms with Gasteiger partial charge in [0, 0.05) is 6.42 Å². The fourth-order valence-corrected chi connectivity index (χ4v) is 6.87. The predicted molar refractivity (Wildman–Crippen MR) is 220 cm³/mol. The van der Waals surface area contributed by atoms with Crippen molar-refractivity contribution in [1.29, 1.82) is 0 Å². The van der Waals surface area contributed by atoms with E-state index in [0.29, 0.717) is 6.61 Å². The lowest BCUT2D eigenvalue weighted by Gasteiger charge is -2.29. The summed E-state index contributed by atoms with van der Waals surface area (Å²) in [4.78, 5) is 21.9. The Hall–Kier alpha value is -1.14. The van der Waals surface area contributed by atoms with Gasteiger partial charge in [-0.1, -0.05) is 220 Å². The van der Waals surface area contributed by atoms with Crippen LogP contribution in [-0.4, -0.2) is 40.4 Å². The molecule has 0 saturated heterocycles. The number of aliphatic carboxylic acids is 1. The van der Waals surface area contributed by atoms with Gasteiger partial charge in [0.2, 0.25) is 0 Å². The molecule has 0 aliphatic rings. The van der Waals surface area contributed by atoms with Crippen molar-refractivity contribution >= 4 is 11.9 Å². The number of carboxylic acid groups (broad SMARTS) is 1. The SMILES string of the molecule is CCCCCCCCCCCC(O)(CCCCCCCC)CCCCCCCC.CCCCCCCCCCCCOC(=O)C(N)CCC(=O)O. The maximum Gasteiger partial charge on any atom is 0.322 e. The van der Waals surface area contributed by atoms with Crippen LogP contribution in [0, 0.1) is 0 Å². The Morgan fingerprint density at radius 3 is 1.06 bits per heavy atom. The molecule has 0 aromatic heterocycles. The zero-order valence-corrected chi connectivity index (χ0v) is 34.9. The minimum atomic E-state index is -0.946. The fraction of sp³-hybridized carbons (Fsp3) is 0.956. The molecule has 1 unspecified atom stereocenters. The average molecular weight is 726 g/mol. The molecule has 0 bridgehead atoms. The third-order valence-corrected chi connectivity index (χ3v) is 10.5. The van der Waals surface area contributed by atoms with Gasteiger partial charge in [-0.15, -0.1) is 0 Å². The number of carbonyl (C=O) groups excluding carboxylic acids is 1. The molecule has 306 valence electrons. The number of ether oxygens (including phenoxy) is 1. The van der Waals surface area contributed by atoms with E-state index in [4.69, 9.17) is 15.6 Å². The molecule has 0 radical (unpaired) electrons. The minimum absolute atomic E-state index is 0.103. The molecule has 0 rings (SSSR count). The second-order valence-electron chi connectivity index (χ2n) is 15.7. The summed E-state index contributed by atoms with van der Waals surface area (Å²) in [7, 11) is 0. The first-order valence-electron chi connectivity index (χ1n) is 22.6. The van der Waals surface area contributed by atoms with Crippen LogP contribution in [0.5, 0.6) is 0 Å². The van der Waals surface area contributed by atoms with Gasteiger partial charge in [0.25, 0.3) is 0 Å². The summed E-state index contributed by atoms with van der Waals surface area (Å²) in [5.74, 6) is -1.44. The number of rotatable bonds is 39. The molecule has 0 aromatic carbocycles. The lowest BCUT2D eigenvalue weighted by molar-refractivity contribution is -0.145. The van der Waals surface area contributed by atoms with E-state index in [2.05, 4.69) is 27.7 Å². The van der Waals surface area contributed by atoms with Crippen molar-refractivity contribution in [2.45, 2.75) is 270 Å². The third kappa shape index (κ3) is 41.5. The third-order valence-electron chi connectivity index (χ3n) is 10.5. The largest absolute Gasteiger partial charge is 0.481 e. The lowest BCUT2D eigenvalue weighted by Crippen LogP contribution is -2.33. The van der Waals surface area contributed by atoms with Crippen molar-refractivity contribution in [3.05, 3.63) is 0 Å². The van der Waals surface area contributed by atoms with E-state index in [0.717, 1.165) is 32.1 Å². The van der Waals surface area contributed by atoms with Crippen LogP contribution in [0.1, 0.15) is 259 Å². The molecule has 0 aromatic rings. The zero-order chi connectivity index (χ0) is 38.1. The quantitative estimate of drug-likeness (QED) is 0.0430. The van der Waals surface area contributed by atoms with Crippen LogP contribution in [0.25, 0.3) is 0 Å². The van der Waals surface area contributed by atoms with Crippen molar-refractivity contribution in [1.82, 2.24) is 0 Å². The highest BCUT2D eigenvalue weighted by Gasteiger charge is 2.25. The van der Waals surface area contributed by atoms with Gasteiger partial charge < -0.3 is 20.7 Å². The number of unbranched alkanes of at least 4 members (excludes halogenated alkanes) is 27. The van der Waals surface area contributed by atoms with Gasteiger partial charge in [0.15, 0.2) is 0 Å². The Morgan fingerprint density at radius 1 is 0.490 bits per heavy atom. The van der Waals surface area contributed by atoms with E-state index in [9.17, 15) is 14.7 Å². The van der Waals surface area contributed by atoms with Crippen LogP contribution in [0.4, 0.5) is 0 Å². The molecule has 0 aliphatic heterocycles. The topological polar surface area (TPSA) is 110 Å². The maximum absolute atomic E-state index is 11.5. The van der Waals surface area contributed by atoms with E-state index in [1.54, 1.807) is 0 Å².